The van der Waals surface area contributed by atoms with Crippen molar-refractivity contribution in [3.05, 3.63) is 0 Å². The first-order valence-corrected chi connectivity index (χ1v) is 2.78. The minimum absolute atomic E-state index is 0.422. The molecule has 1 radical (unpaired) electrons. The zero-order valence-corrected chi connectivity index (χ0v) is 5.12. The first-order chi connectivity index (χ1) is 4.42. The van der Waals surface area contributed by atoms with Crippen molar-refractivity contribution in [3.8, 4) is 0 Å². The van der Waals surface area contributed by atoms with Crippen LogP contribution in [-0.2, 0) is 5.11 Å². The number of halogens is 4. The SMILES string of the molecule is [O]C(F)CCCC(F)(F)F. The fourth-order valence-electron chi connectivity index (χ4n) is 0.463. The largest absolute Gasteiger partial charge is 0.389 e. The maximum Gasteiger partial charge on any atom is 0.389 e. The van der Waals surface area contributed by atoms with E-state index in [-0.39, 0.29) is 0 Å². The normalized spacial score (nSPS) is 15.3. The molecule has 0 fully saturated rings. The third-order valence-electron chi connectivity index (χ3n) is 0.891. The summed E-state index contributed by atoms with van der Waals surface area (Å²) in [5, 5.41) is 9.58. The van der Waals surface area contributed by atoms with Crippen molar-refractivity contribution >= 4 is 0 Å². The van der Waals surface area contributed by atoms with Gasteiger partial charge in [-0.1, -0.05) is 0 Å². The van der Waals surface area contributed by atoms with Crippen molar-refractivity contribution in [1.82, 2.24) is 0 Å². The van der Waals surface area contributed by atoms with Gasteiger partial charge in [0.1, 0.15) is 0 Å². The van der Waals surface area contributed by atoms with E-state index in [1.165, 1.54) is 0 Å². The van der Waals surface area contributed by atoms with Crippen LogP contribution in [-0.4, -0.2) is 12.5 Å². The highest BCUT2D eigenvalue weighted by atomic mass is 19.4. The van der Waals surface area contributed by atoms with Crippen LogP contribution in [0.15, 0.2) is 0 Å². The molecular weight excluding hydrogens is 152 g/mol. The summed E-state index contributed by atoms with van der Waals surface area (Å²) in [6.07, 6.45) is -8.69. The van der Waals surface area contributed by atoms with Gasteiger partial charge in [-0.05, 0) is 6.42 Å². The molecule has 0 bridgehead atoms. The van der Waals surface area contributed by atoms with E-state index in [0.717, 1.165) is 0 Å². The van der Waals surface area contributed by atoms with Gasteiger partial charge in [0.05, 0.1) is 0 Å². The summed E-state index contributed by atoms with van der Waals surface area (Å²) < 4.78 is 45.2. The van der Waals surface area contributed by atoms with Gasteiger partial charge in [0.2, 0.25) is 6.36 Å². The highest BCUT2D eigenvalue weighted by Crippen LogP contribution is 2.22. The number of hydrogen-bond donors (Lipinski definition) is 0. The van der Waals surface area contributed by atoms with Crippen LogP contribution < -0.4 is 0 Å². The van der Waals surface area contributed by atoms with Crippen LogP contribution in [0.3, 0.4) is 0 Å². The van der Waals surface area contributed by atoms with E-state index in [4.69, 9.17) is 0 Å². The summed E-state index contributed by atoms with van der Waals surface area (Å²) in [6, 6.07) is 0. The summed E-state index contributed by atoms with van der Waals surface area (Å²) in [6.45, 7) is 0. The quantitative estimate of drug-likeness (QED) is 0.563. The fourth-order valence-corrected chi connectivity index (χ4v) is 0.463. The monoisotopic (exact) mass is 159 g/mol. The summed E-state index contributed by atoms with van der Waals surface area (Å²) >= 11 is 0. The molecule has 0 aliphatic rings. The van der Waals surface area contributed by atoms with Crippen molar-refractivity contribution in [2.24, 2.45) is 0 Å². The van der Waals surface area contributed by atoms with Crippen molar-refractivity contribution in [3.63, 3.8) is 0 Å². The number of alkyl halides is 4. The van der Waals surface area contributed by atoms with Crippen LogP contribution in [0.25, 0.3) is 0 Å². The molecule has 0 aliphatic heterocycles. The molecule has 0 aromatic heterocycles. The minimum atomic E-state index is -4.27. The van der Waals surface area contributed by atoms with E-state index in [2.05, 4.69) is 0 Å². The Morgan fingerprint density at radius 3 is 2.10 bits per heavy atom. The summed E-state index contributed by atoms with van der Waals surface area (Å²) in [7, 11) is 0. The van der Waals surface area contributed by atoms with Crippen LogP contribution in [0.4, 0.5) is 17.6 Å². The van der Waals surface area contributed by atoms with Crippen molar-refractivity contribution < 1.29 is 22.7 Å². The Bertz CT molecular complexity index is 88.1. The third kappa shape index (κ3) is 7.68. The molecule has 5 heteroatoms. The molecule has 1 nitrogen and oxygen atoms in total. The van der Waals surface area contributed by atoms with Crippen LogP contribution in [0.2, 0.25) is 0 Å². The van der Waals surface area contributed by atoms with Gasteiger partial charge in [-0.2, -0.15) is 18.3 Å². The van der Waals surface area contributed by atoms with E-state index >= 15 is 0 Å². The molecule has 0 aromatic rings. The van der Waals surface area contributed by atoms with Crippen LogP contribution in [0, 0.1) is 0 Å². The Morgan fingerprint density at radius 2 is 1.80 bits per heavy atom. The molecular formula is C5H7F4O. The highest BCUT2D eigenvalue weighted by Gasteiger charge is 2.26. The van der Waals surface area contributed by atoms with Gasteiger partial charge in [-0.25, -0.2) is 4.39 Å². The maximum absolute atomic E-state index is 11.4. The van der Waals surface area contributed by atoms with Crippen LogP contribution in [0.1, 0.15) is 19.3 Å². The van der Waals surface area contributed by atoms with Crippen LogP contribution >= 0.6 is 0 Å². The van der Waals surface area contributed by atoms with Gasteiger partial charge in [0.15, 0.2) is 0 Å². The average molecular weight is 159 g/mol. The first kappa shape index (κ1) is 9.68. The molecule has 1 unspecified atom stereocenters. The Balaban J connectivity index is 3.21. The lowest BCUT2D eigenvalue weighted by molar-refractivity contribution is -0.138. The van der Waals surface area contributed by atoms with E-state index in [0.29, 0.717) is 0 Å². The van der Waals surface area contributed by atoms with E-state index in [1.54, 1.807) is 0 Å². The zero-order valence-electron chi connectivity index (χ0n) is 5.12. The summed E-state index contributed by atoms with van der Waals surface area (Å²) in [5.41, 5.74) is 0. The first-order valence-electron chi connectivity index (χ1n) is 2.78. The summed E-state index contributed by atoms with van der Waals surface area (Å²) in [5.74, 6) is 0. The molecule has 1 atom stereocenters. The van der Waals surface area contributed by atoms with Gasteiger partial charge in [-0.15, -0.1) is 0 Å². The number of hydrogen-bond acceptors (Lipinski definition) is 0. The standard InChI is InChI=1S/C5H7F4O/c6-4(10)2-1-3-5(7,8)9/h4H,1-3H2. The third-order valence-corrected chi connectivity index (χ3v) is 0.891. The molecule has 0 saturated carbocycles. The highest BCUT2D eigenvalue weighted by molar-refractivity contribution is 4.51. The Morgan fingerprint density at radius 1 is 1.30 bits per heavy atom. The van der Waals surface area contributed by atoms with Crippen molar-refractivity contribution in [1.29, 1.82) is 0 Å². The molecule has 0 aliphatic carbocycles. The Kier molecular flexibility index (Phi) is 3.63. The lowest BCUT2D eigenvalue weighted by Crippen LogP contribution is -2.08. The molecule has 61 valence electrons. The Hall–Kier alpha value is -0.320. The topological polar surface area (TPSA) is 19.9 Å². The van der Waals surface area contributed by atoms with Gasteiger partial charge < -0.3 is 0 Å². The van der Waals surface area contributed by atoms with Crippen molar-refractivity contribution in [2.45, 2.75) is 31.8 Å². The van der Waals surface area contributed by atoms with Gasteiger partial charge in [0, 0.05) is 12.8 Å². The Labute approximate surface area is 55.7 Å². The smallest absolute Gasteiger partial charge is 0.213 e. The number of rotatable bonds is 3. The molecule has 0 spiro atoms. The minimum Gasteiger partial charge on any atom is -0.213 e. The second-order valence-electron chi connectivity index (χ2n) is 1.92. The van der Waals surface area contributed by atoms with Crippen LogP contribution in [0.5, 0.6) is 0 Å². The molecule has 0 rings (SSSR count). The van der Waals surface area contributed by atoms with E-state index in [1.807, 2.05) is 0 Å². The predicted molar refractivity (Wildman–Crippen MR) is 25.5 cm³/mol. The zero-order chi connectivity index (χ0) is 8.20. The molecule has 10 heavy (non-hydrogen) atoms. The van der Waals surface area contributed by atoms with E-state index in [9.17, 15) is 22.7 Å². The maximum atomic E-state index is 11.4. The lowest BCUT2D eigenvalue weighted by atomic mass is 10.2. The average Bonchev–Trinajstić information content (AvgIpc) is 1.59. The molecule has 0 N–H and O–H groups in total. The van der Waals surface area contributed by atoms with Gasteiger partial charge >= 0.3 is 6.18 Å². The van der Waals surface area contributed by atoms with Gasteiger partial charge in [0.25, 0.3) is 0 Å². The molecule has 0 saturated heterocycles. The van der Waals surface area contributed by atoms with Gasteiger partial charge in [-0.3, -0.25) is 0 Å². The molecule has 0 amide bonds. The van der Waals surface area contributed by atoms with E-state index < -0.39 is 31.8 Å². The lowest BCUT2D eigenvalue weighted by Gasteiger charge is -2.04. The summed E-state index contributed by atoms with van der Waals surface area (Å²) in [4.78, 5) is 0. The molecule has 0 heterocycles. The molecule has 0 aromatic carbocycles. The van der Waals surface area contributed by atoms with Crippen molar-refractivity contribution in [2.75, 3.05) is 0 Å². The predicted octanol–water partition coefficient (Wildman–Crippen LogP) is 2.45. The second-order valence-corrected chi connectivity index (χ2v) is 1.92. The second kappa shape index (κ2) is 3.75. The fraction of sp³-hybridized carbons (Fsp3) is 1.00.